The van der Waals surface area contributed by atoms with Gasteiger partial charge >= 0.3 is 0 Å². The van der Waals surface area contributed by atoms with E-state index < -0.39 is 0 Å². The van der Waals surface area contributed by atoms with E-state index in [4.69, 9.17) is 0 Å². The normalized spacial score (nSPS) is 9.81. The number of nitrogens with one attached hydrogen (secondary N) is 2. The number of benzene rings is 1. The summed E-state index contributed by atoms with van der Waals surface area (Å²) in [7, 11) is 1.90. The first-order valence-corrected chi connectivity index (χ1v) is 5.41. The lowest BCUT2D eigenvalue weighted by Gasteiger charge is -2.08. The van der Waals surface area contributed by atoms with Crippen molar-refractivity contribution in [3.8, 4) is 0 Å². The molecule has 2 N–H and O–H groups in total. The van der Waals surface area contributed by atoms with Crippen LogP contribution in [0.1, 0.15) is 15.9 Å². The van der Waals surface area contributed by atoms with Crippen molar-refractivity contribution in [2.24, 2.45) is 0 Å². The molecule has 0 saturated heterocycles. The van der Waals surface area contributed by atoms with E-state index in [1.165, 1.54) is 0 Å². The minimum Gasteiger partial charge on any atom is -0.349 e. The molecule has 0 fully saturated rings. The van der Waals surface area contributed by atoms with E-state index in [2.05, 4.69) is 17.2 Å². The lowest BCUT2D eigenvalue weighted by atomic mass is 10.0. The zero-order chi connectivity index (χ0) is 11.8. The van der Waals surface area contributed by atoms with Gasteiger partial charge in [0.15, 0.2) is 0 Å². The summed E-state index contributed by atoms with van der Waals surface area (Å²) < 4.78 is 0. The first-order valence-electron chi connectivity index (χ1n) is 5.41. The van der Waals surface area contributed by atoms with Gasteiger partial charge in [-0.1, -0.05) is 24.3 Å². The Kier molecular flexibility index (Phi) is 5.29. The van der Waals surface area contributed by atoms with Gasteiger partial charge in [-0.25, -0.2) is 0 Å². The third-order valence-electron chi connectivity index (χ3n) is 2.31. The van der Waals surface area contributed by atoms with E-state index in [0.717, 1.165) is 24.1 Å². The van der Waals surface area contributed by atoms with E-state index in [1.54, 1.807) is 6.08 Å². The van der Waals surface area contributed by atoms with Crippen molar-refractivity contribution in [3.05, 3.63) is 48.0 Å². The van der Waals surface area contributed by atoms with Crippen LogP contribution in [0.2, 0.25) is 0 Å². The van der Waals surface area contributed by atoms with Crippen LogP contribution in [-0.4, -0.2) is 26.0 Å². The van der Waals surface area contributed by atoms with E-state index in [9.17, 15) is 4.79 Å². The molecule has 0 bridgehead atoms. The van der Waals surface area contributed by atoms with Crippen LogP contribution in [0.5, 0.6) is 0 Å². The van der Waals surface area contributed by atoms with Crippen LogP contribution in [0.4, 0.5) is 0 Å². The summed E-state index contributed by atoms with van der Waals surface area (Å²) in [6, 6.07) is 7.67. The van der Waals surface area contributed by atoms with Crippen LogP contribution < -0.4 is 10.6 Å². The zero-order valence-electron chi connectivity index (χ0n) is 9.62. The van der Waals surface area contributed by atoms with Crippen molar-refractivity contribution >= 4 is 5.91 Å². The van der Waals surface area contributed by atoms with Crippen molar-refractivity contribution in [1.29, 1.82) is 0 Å². The van der Waals surface area contributed by atoms with Gasteiger partial charge in [0.2, 0.25) is 0 Å². The Morgan fingerprint density at radius 2 is 2.19 bits per heavy atom. The van der Waals surface area contributed by atoms with Gasteiger partial charge in [-0.05, 0) is 31.6 Å². The maximum atomic E-state index is 11.8. The molecular formula is C13H18N2O. The molecule has 0 saturated carbocycles. The molecule has 0 aliphatic heterocycles. The predicted octanol–water partition coefficient (Wildman–Crippen LogP) is 1.36. The third-order valence-corrected chi connectivity index (χ3v) is 2.31. The summed E-state index contributed by atoms with van der Waals surface area (Å²) in [6.45, 7) is 4.94. The van der Waals surface area contributed by atoms with E-state index in [-0.39, 0.29) is 5.91 Å². The molecule has 1 amide bonds. The van der Waals surface area contributed by atoms with Crippen LogP contribution in [0.15, 0.2) is 36.9 Å². The number of carbonyl (C=O) groups is 1. The number of rotatable bonds is 6. The maximum absolute atomic E-state index is 11.8. The lowest BCUT2D eigenvalue weighted by molar-refractivity contribution is 0.0957. The van der Waals surface area contributed by atoms with Crippen LogP contribution >= 0.6 is 0 Å². The second kappa shape index (κ2) is 6.80. The average molecular weight is 218 g/mol. The maximum Gasteiger partial charge on any atom is 0.251 e. The van der Waals surface area contributed by atoms with Gasteiger partial charge in [-0.3, -0.25) is 4.79 Å². The molecule has 1 aromatic rings. The fourth-order valence-electron chi connectivity index (χ4n) is 1.48. The predicted molar refractivity (Wildman–Crippen MR) is 66.6 cm³/mol. The van der Waals surface area contributed by atoms with Crippen molar-refractivity contribution < 1.29 is 4.79 Å². The first-order chi connectivity index (χ1) is 7.79. The zero-order valence-corrected chi connectivity index (χ0v) is 9.62. The summed E-state index contributed by atoms with van der Waals surface area (Å²) in [4.78, 5) is 11.8. The molecule has 3 nitrogen and oxygen atoms in total. The fraction of sp³-hybridized carbons (Fsp3) is 0.308. The molecule has 1 aromatic carbocycles. The number of likely N-dealkylation sites (N-methyl/N-ethyl adjacent to an activating group) is 1. The average Bonchev–Trinajstić information content (AvgIpc) is 2.33. The van der Waals surface area contributed by atoms with Crippen molar-refractivity contribution in [2.75, 3.05) is 20.1 Å². The minimum absolute atomic E-state index is 0.0356. The van der Waals surface area contributed by atoms with Gasteiger partial charge in [-0.2, -0.15) is 0 Å². The SMILES string of the molecule is C=CCNC(=O)c1ccccc1CCNC. The molecule has 0 heterocycles. The Hall–Kier alpha value is -1.61. The highest BCUT2D eigenvalue weighted by Gasteiger charge is 2.08. The molecule has 16 heavy (non-hydrogen) atoms. The van der Waals surface area contributed by atoms with Crippen LogP contribution in [0.3, 0.4) is 0 Å². The molecule has 0 aliphatic rings. The molecule has 86 valence electrons. The van der Waals surface area contributed by atoms with Crippen LogP contribution in [-0.2, 0) is 6.42 Å². The molecule has 1 rings (SSSR count). The third kappa shape index (κ3) is 3.51. The highest BCUT2D eigenvalue weighted by atomic mass is 16.1. The molecule has 3 heteroatoms. The van der Waals surface area contributed by atoms with E-state index in [0.29, 0.717) is 6.54 Å². The van der Waals surface area contributed by atoms with Crippen LogP contribution in [0.25, 0.3) is 0 Å². The molecule has 0 unspecified atom stereocenters. The highest BCUT2D eigenvalue weighted by molar-refractivity contribution is 5.95. The molecule has 0 atom stereocenters. The van der Waals surface area contributed by atoms with Crippen molar-refractivity contribution in [1.82, 2.24) is 10.6 Å². The lowest BCUT2D eigenvalue weighted by Crippen LogP contribution is -2.25. The molecule has 0 spiro atoms. The van der Waals surface area contributed by atoms with Gasteiger partial charge in [-0.15, -0.1) is 6.58 Å². The summed E-state index contributed by atoms with van der Waals surface area (Å²) in [5, 5.41) is 5.87. The number of hydrogen-bond donors (Lipinski definition) is 2. The summed E-state index contributed by atoms with van der Waals surface area (Å²) in [5.74, 6) is -0.0356. The largest absolute Gasteiger partial charge is 0.349 e. The smallest absolute Gasteiger partial charge is 0.251 e. The van der Waals surface area contributed by atoms with E-state index >= 15 is 0 Å². The standard InChI is InChI=1S/C13H18N2O/c1-3-9-15-13(16)12-7-5-4-6-11(12)8-10-14-2/h3-7,14H,1,8-10H2,2H3,(H,15,16). The van der Waals surface area contributed by atoms with Crippen molar-refractivity contribution in [2.45, 2.75) is 6.42 Å². The second-order valence-electron chi connectivity index (χ2n) is 3.51. The quantitative estimate of drug-likeness (QED) is 0.708. The van der Waals surface area contributed by atoms with Gasteiger partial charge in [0, 0.05) is 12.1 Å². The fourth-order valence-corrected chi connectivity index (χ4v) is 1.48. The Morgan fingerprint density at radius 3 is 2.88 bits per heavy atom. The van der Waals surface area contributed by atoms with Gasteiger partial charge in [0.25, 0.3) is 5.91 Å². The summed E-state index contributed by atoms with van der Waals surface area (Å²) in [5.41, 5.74) is 1.82. The second-order valence-corrected chi connectivity index (χ2v) is 3.51. The molecule has 0 aliphatic carbocycles. The van der Waals surface area contributed by atoms with Crippen LogP contribution in [0, 0.1) is 0 Å². The summed E-state index contributed by atoms with van der Waals surface area (Å²) in [6.07, 6.45) is 2.53. The van der Waals surface area contributed by atoms with E-state index in [1.807, 2.05) is 31.3 Å². The Bertz CT molecular complexity index is 361. The number of amides is 1. The topological polar surface area (TPSA) is 41.1 Å². The molecular weight excluding hydrogens is 200 g/mol. The summed E-state index contributed by atoms with van der Waals surface area (Å²) >= 11 is 0. The Balaban J connectivity index is 2.76. The molecule has 0 radical (unpaired) electrons. The monoisotopic (exact) mass is 218 g/mol. The van der Waals surface area contributed by atoms with Gasteiger partial charge in [0.05, 0.1) is 0 Å². The number of hydrogen-bond acceptors (Lipinski definition) is 2. The Morgan fingerprint density at radius 1 is 1.44 bits per heavy atom. The first kappa shape index (κ1) is 12.5. The minimum atomic E-state index is -0.0356. The van der Waals surface area contributed by atoms with Crippen molar-refractivity contribution in [3.63, 3.8) is 0 Å². The number of carbonyl (C=O) groups excluding carboxylic acids is 1. The highest BCUT2D eigenvalue weighted by Crippen LogP contribution is 2.09. The molecule has 0 aromatic heterocycles. The Labute approximate surface area is 96.6 Å². The van der Waals surface area contributed by atoms with Gasteiger partial charge < -0.3 is 10.6 Å². The van der Waals surface area contributed by atoms with Gasteiger partial charge in [0.1, 0.15) is 0 Å².